The summed E-state index contributed by atoms with van der Waals surface area (Å²) in [5, 5.41) is 9.28. The van der Waals surface area contributed by atoms with Crippen molar-refractivity contribution in [3.63, 3.8) is 0 Å². The number of benzene rings is 1. The standard InChI is InChI=1S/C14H21NO3S/c1-2-5-12-8-9-15(10-12)19(17,18)14-7-4-3-6-13(14)11-16/h3-4,6-7,12,16H,2,5,8-11H2,1H3. The fraction of sp³-hybridized carbons (Fsp3) is 0.571. The van der Waals surface area contributed by atoms with Gasteiger partial charge >= 0.3 is 0 Å². The molecule has 19 heavy (non-hydrogen) atoms. The van der Waals surface area contributed by atoms with E-state index < -0.39 is 10.0 Å². The molecule has 0 radical (unpaired) electrons. The van der Waals surface area contributed by atoms with Crippen LogP contribution in [0.25, 0.3) is 0 Å². The molecule has 1 saturated heterocycles. The molecular formula is C14H21NO3S. The molecule has 1 unspecified atom stereocenters. The average molecular weight is 283 g/mol. The van der Waals surface area contributed by atoms with E-state index in [1.807, 2.05) is 0 Å². The molecule has 0 spiro atoms. The van der Waals surface area contributed by atoms with Gasteiger partial charge < -0.3 is 5.11 Å². The molecule has 5 heteroatoms. The predicted octanol–water partition coefficient (Wildman–Crippen LogP) is 1.99. The highest BCUT2D eigenvalue weighted by molar-refractivity contribution is 7.89. The van der Waals surface area contributed by atoms with E-state index in [1.54, 1.807) is 28.6 Å². The molecular weight excluding hydrogens is 262 g/mol. The topological polar surface area (TPSA) is 57.6 Å². The summed E-state index contributed by atoms with van der Waals surface area (Å²) in [7, 11) is -3.46. The van der Waals surface area contributed by atoms with Crippen LogP contribution in [-0.4, -0.2) is 30.9 Å². The minimum atomic E-state index is -3.46. The molecule has 1 fully saturated rings. The molecule has 4 nitrogen and oxygen atoms in total. The van der Waals surface area contributed by atoms with Gasteiger partial charge in [0.15, 0.2) is 0 Å². The molecule has 1 aromatic carbocycles. The molecule has 1 heterocycles. The first-order valence-electron chi connectivity index (χ1n) is 6.78. The molecule has 0 amide bonds. The number of aliphatic hydroxyl groups is 1. The van der Waals surface area contributed by atoms with Gasteiger partial charge in [-0.2, -0.15) is 4.31 Å². The second kappa shape index (κ2) is 6.03. The van der Waals surface area contributed by atoms with E-state index in [2.05, 4.69) is 6.92 Å². The number of aliphatic hydroxyl groups excluding tert-OH is 1. The summed E-state index contributed by atoms with van der Waals surface area (Å²) >= 11 is 0. The van der Waals surface area contributed by atoms with Crippen LogP contribution in [0.1, 0.15) is 31.7 Å². The molecule has 1 aliphatic heterocycles. The zero-order valence-corrected chi connectivity index (χ0v) is 12.1. The molecule has 1 aromatic rings. The van der Waals surface area contributed by atoms with Crippen molar-refractivity contribution in [2.24, 2.45) is 5.92 Å². The van der Waals surface area contributed by atoms with Crippen LogP contribution in [0.3, 0.4) is 0 Å². The molecule has 0 bridgehead atoms. The highest BCUT2D eigenvalue weighted by Crippen LogP contribution is 2.28. The molecule has 1 atom stereocenters. The van der Waals surface area contributed by atoms with Crippen molar-refractivity contribution >= 4 is 10.0 Å². The lowest BCUT2D eigenvalue weighted by molar-refractivity contribution is 0.278. The highest BCUT2D eigenvalue weighted by Gasteiger charge is 2.33. The number of nitrogens with zero attached hydrogens (tertiary/aromatic N) is 1. The molecule has 1 aliphatic rings. The van der Waals surface area contributed by atoms with Gasteiger partial charge in [0.2, 0.25) is 10.0 Å². The Kier molecular flexibility index (Phi) is 4.60. The molecule has 0 aromatic heterocycles. The van der Waals surface area contributed by atoms with E-state index in [0.29, 0.717) is 24.6 Å². The number of sulfonamides is 1. The SMILES string of the molecule is CCCC1CCN(S(=O)(=O)c2ccccc2CO)C1. The summed E-state index contributed by atoms with van der Waals surface area (Å²) in [6, 6.07) is 6.68. The Balaban J connectivity index is 2.24. The van der Waals surface area contributed by atoms with Crippen molar-refractivity contribution in [2.45, 2.75) is 37.7 Å². The van der Waals surface area contributed by atoms with Crippen molar-refractivity contribution in [1.29, 1.82) is 0 Å². The van der Waals surface area contributed by atoms with Gasteiger partial charge in [0, 0.05) is 13.1 Å². The summed E-state index contributed by atoms with van der Waals surface area (Å²) in [6.45, 7) is 3.07. The zero-order chi connectivity index (χ0) is 13.9. The molecule has 1 N–H and O–H groups in total. The summed E-state index contributed by atoms with van der Waals surface area (Å²) in [4.78, 5) is 0.245. The second-order valence-corrected chi connectivity index (χ2v) is 6.98. The number of rotatable bonds is 5. The maximum atomic E-state index is 12.6. The van der Waals surface area contributed by atoms with Crippen LogP contribution in [-0.2, 0) is 16.6 Å². The van der Waals surface area contributed by atoms with Crippen LogP contribution in [0.15, 0.2) is 29.2 Å². The lowest BCUT2D eigenvalue weighted by Gasteiger charge is -2.18. The lowest BCUT2D eigenvalue weighted by Crippen LogP contribution is -2.29. The van der Waals surface area contributed by atoms with Crippen LogP contribution >= 0.6 is 0 Å². The summed E-state index contributed by atoms with van der Waals surface area (Å²) in [6.07, 6.45) is 3.10. The Morgan fingerprint density at radius 1 is 1.37 bits per heavy atom. The number of hydrogen-bond acceptors (Lipinski definition) is 3. The largest absolute Gasteiger partial charge is 0.392 e. The van der Waals surface area contributed by atoms with Crippen LogP contribution in [0.2, 0.25) is 0 Å². The third-order valence-electron chi connectivity index (χ3n) is 3.71. The van der Waals surface area contributed by atoms with Crippen molar-refractivity contribution in [3.8, 4) is 0 Å². The van der Waals surface area contributed by atoms with Crippen LogP contribution in [0.5, 0.6) is 0 Å². The van der Waals surface area contributed by atoms with E-state index in [-0.39, 0.29) is 11.5 Å². The fourth-order valence-corrected chi connectivity index (χ4v) is 4.43. The molecule has 106 valence electrons. The van der Waals surface area contributed by atoms with Gasteiger partial charge in [-0.1, -0.05) is 31.5 Å². The van der Waals surface area contributed by atoms with Crippen LogP contribution in [0.4, 0.5) is 0 Å². The minimum absolute atomic E-state index is 0.245. The third kappa shape index (κ3) is 2.99. The Morgan fingerprint density at radius 2 is 2.11 bits per heavy atom. The van der Waals surface area contributed by atoms with Gasteiger partial charge in [-0.15, -0.1) is 0 Å². The third-order valence-corrected chi connectivity index (χ3v) is 5.67. The number of hydrogen-bond donors (Lipinski definition) is 1. The van der Waals surface area contributed by atoms with Gasteiger partial charge in [-0.3, -0.25) is 0 Å². The van der Waals surface area contributed by atoms with Gasteiger partial charge in [-0.05, 0) is 30.4 Å². The first-order valence-corrected chi connectivity index (χ1v) is 8.22. The van der Waals surface area contributed by atoms with Crippen molar-refractivity contribution in [2.75, 3.05) is 13.1 Å². The Hall–Kier alpha value is -0.910. The van der Waals surface area contributed by atoms with Crippen molar-refractivity contribution < 1.29 is 13.5 Å². The van der Waals surface area contributed by atoms with E-state index in [4.69, 9.17) is 0 Å². The summed E-state index contributed by atoms with van der Waals surface area (Å²) in [5.41, 5.74) is 0.474. The van der Waals surface area contributed by atoms with Gasteiger partial charge in [-0.25, -0.2) is 8.42 Å². The maximum Gasteiger partial charge on any atom is 0.243 e. The van der Waals surface area contributed by atoms with Gasteiger partial charge in [0.05, 0.1) is 11.5 Å². The zero-order valence-electron chi connectivity index (χ0n) is 11.2. The van der Waals surface area contributed by atoms with E-state index in [9.17, 15) is 13.5 Å². The first-order chi connectivity index (χ1) is 9.09. The molecule has 0 aliphatic carbocycles. The van der Waals surface area contributed by atoms with E-state index >= 15 is 0 Å². The summed E-state index contributed by atoms with van der Waals surface area (Å²) in [5.74, 6) is 0.473. The molecule has 0 saturated carbocycles. The normalized spacial score (nSPS) is 20.8. The van der Waals surface area contributed by atoms with Crippen molar-refractivity contribution in [3.05, 3.63) is 29.8 Å². The average Bonchev–Trinajstić information content (AvgIpc) is 2.88. The Labute approximate surface area is 115 Å². The second-order valence-electron chi connectivity index (χ2n) is 5.07. The lowest BCUT2D eigenvalue weighted by atomic mass is 10.0. The van der Waals surface area contributed by atoms with Crippen LogP contribution < -0.4 is 0 Å². The smallest absolute Gasteiger partial charge is 0.243 e. The first kappa shape index (κ1) is 14.5. The maximum absolute atomic E-state index is 12.6. The fourth-order valence-electron chi connectivity index (χ4n) is 2.68. The summed E-state index contributed by atoms with van der Waals surface area (Å²) < 4.78 is 26.7. The van der Waals surface area contributed by atoms with Gasteiger partial charge in [0.25, 0.3) is 0 Å². The van der Waals surface area contributed by atoms with E-state index in [1.165, 1.54) is 0 Å². The van der Waals surface area contributed by atoms with Crippen molar-refractivity contribution in [1.82, 2.24) is 4.31 Å². The van der Waals surface area contributed by atoms with Gasteiger partial charge in [0.1, 0.15) is 0 Å². The quantitative estimate of drug-likeness (QED) is 0.899. The van der Waals surface area contributed by atoms with E-state index in [0.717, 1.165) is 19.3 Å². The predicted molar refractivity (Wildman–Crippen MR) is 74.1 cm³/mol. The Morgan fingerprint density at radius 3 is 2.79 bits per heavy atom. The molecule has 2 rings (SSSR count). The minimum Gasteiger partial charge on any atom is -0.392 e. The highest BCUT2D eigenvalue weighted by atomic mass is 32.2. The van der Waals surface area contributed by atoms with Crippen LogP contribution in [0, 0.1) is 5.92 Å². The monoisotopic (exact) mass is 283 g/mol. The Bertz CT molecular complexity index is 527.